The van der Waals surface area contributed by atoms with E-state index in [-0.39, 0.29) is 0 Å². The molecule has 3 heteroatoms. The van der Waals surface area contributed by atoms with E-state index in [1.54, 1.807) is 0 Å². The summed E-state index contributed by atoms with van der Waals surface area (Å²) >= 11 is 0. The fourth-order valence-corrected chi connectivity index (χ4v) is 2.62. The molecule has 0 radical (unpaired) electrons. The van der Waals surface area contributed by atoms with Crippen LogP contribution in [0.5, 0.6) is 11.5 Å². The number of para-hydroxylation sites is 1. The molecular weight excluding hydrogens is 264 g/mol. The van der Waals surface area contributed by atoms with Gasteiger partial charge in [-0.15, -0.1) is 0 Å². The van der Waals surface area contributed by atoms with Crippen LogP contribution in [-0.4, -0.2) is 18.3 Å². The van der Waals surface area contributed by atoms with Crippen LogP contribution in [0.1, 0.15) is 28.4 Å². The average molecular weight is 284 g/mol. The molecule has 2 aromatic rings. The molecule has 0 spiro atoms. The van der Waals surface area contributed by atoms with E-state index < -0.39 is 6.10 Å². The SMILES string of the molecule is Cc1ccc(CC(O)c2cccc3c2OCCO3)cc1C. The van der Waals surface area contributed by atoms with Gasteiger partial charge in [-0.3, -0.25) is 0 Å². The predicted molar refractivity (Wildman–Crippen MR) is 82.0 cm³/mol. The van der Waals surface area contributed by atoms with Gasteiger partial charge >= 0.3 is 0 Å². The van der Waals surface area contributed by atoms with Crippen molar-refractivity contribution in [3.05, 3.63) is 58.7 Å². The molecule has 1 aliphatic rings. The first-order valence-corrected chi connectivity index (χ1v) is 7.28. The van der Waals surface area contributed by atoms with Crippen molar-refractivity contribution in [2.75, 3.05) is 13.2 Å². The third-order valence-corrected chi connectivity index (χ3v) is 3.96. The molecule has 1 aliphatic heterocycles. The molecule has 1 N–H and O–H groups in total. The lowest BCUT2D eigenvalue weighted by Crippen LogP contribution is -2.17. The molecule has 0 saturated heterocycles. The minimum atomic E-state index is -0.594. The molecule has 0 amide bonds. The fraction of sp³-hybridized carbons (Fsp3) is 0.333. The van der Waals surface area contributed by atoms with Crippen LogP contribution >= 0.6 is 0 Å². The molecule has 0 aromatic heterocycles. The summed E-state index contributed by atoms with van der Waals surface area (Å²) in [4.78, 5) is 0. The van der Waals surface area contributed by atoms with Crippen LogP contribution in [-0.2, 0) is 6.42 Å². The van der Waals surface area contributed by atoms with E-state index in [2.05, 4.69) is 32.0 Å². The average Bonchev–Trinajstić information content (AvgIpc) is 2.50. The normalized spacial score (nSPS) is 14.8. The molecule has 0 fully saturated rings. The second kappa shape index (κ2) is 5.78. The van der Waals surface area contributed by atoms with Crippen molar-refractivity contribution in [1.82, 2.24) is 0 Å². The number of aliphatic hydroxyl groups excluding tert-OH is 1. The quantitative estimate of drug-likeness (QED) is 0.939. The van der Waals surface area contributed by atoms with Gasteiger partial charge in [0.05, 0.1) is 6.10 Å². The van der Waals surface area contributed by atoms with Crippen molar-refractivity contribution in [3.8, 4) is 11.5 Å². The van der Waals surface area contributed by atoms with Crippen LogP contribution in [0, 0.1) is 13.8 Å². The predicted octanol–water partition coefficient (Wildman–Crippen LogP) is 3.35. The molecule has 3 nitrogen and oxygen atoms in total. The van der Waals surface area contributed by atoms with E-state index in [0.717, 1.165) is 16.9 Å². The zero-order chi connectivity index (χ0) is 14.8. The number of aryl methyl sites for hydroxylation is 2. The third-order valence-electron chi connectivity index (χ3n) is 3.96. The Kier molecular flexibility index (Phi) is 3.84. The number of benzene rings is 2. The van der Waals surface area contributed by atoms with Gasteiger partial charge in [0, 0.05) is 12.0 Å². The lowest BCUT2D eigenvalue weighted by molar-refractivity contribution is 0.146. The minimum Gasteiger partial charge on any atom is -0.486 e. The lowest BCUT2D eigenvalue weighted by atomic mass is 9.97. The van der Waals surface area contributed by atoms with Crippen molar-refractivity contribution in [2.45, 2.75) is 26.4 Å². The number of aliphatic hydroxyl groups is 1. The Morgan fingerprint density at radius 1 is 1.05 bits per heavy atom. The molecule has 1 unspecified atom stereocenters. The Hall–Kier alpha value is -2.00. The van der Waals surface area contributed by atoms with Crippen molar-refractivity contribution in [3.63, 3.8) is 0 Å². The summed E-state index contributed by atoms with van der Waals surface area (Å²) in [5, 5.41) is 10.6. The molecule has 1 atom stereocenters. The van der Waals surface area contributed by atoms with E-state index >= 15 is 0 Å². The second-order valence-corrected chi connectivity index (χ2v) is 5.51. The van der Waals surface area contributed by atoms with Crippen LogP contribution in [0.3, 0.4) is 0 Å². The van der Waals surface area contributed by atoms with Crippen LogP contribution < -0.4 is 9.47 Å². The smallest absolute Gasteiger partial charge is 0.167 e. The highest BCUT2D eigenvalue weighted by molar-refractivity contribution is 5.48. The molecule has 110 valence electrons. The zero-order valence-electron chi connectivity index (χ0n) is 12.4. The molecule has 1 heterocycles. The monoisotopic (exact) mass is 284 g/mol. The van der Waals surface area contributed by atoms with Gasteiger partial charge in [-0.05, 0) is 36.6 Å². The second-order valence-electron chi connectivity index (χ2n) is 5.51. The van der Waals surface area contributed by atoms with Crippen LogP contribution in [0.2, 0.25) is 0 Å². The maximum absolute atomic E-state index is 10.6. The van der Waals surface area contributed by atoms with Gasteiger partial charge in [0.1, 0.15) is 13.2 Å². The van der Waals surface area contributed by atoms with Crippen LogP contribution in [0.15, 0.2) is 36.4 Å². The van der Waals surface area contributed by atoms with Crippen molar-refractivity contribution >= 4 is 0 Å². The van der Waals surface area contributed by atoms with Gasteiger partial charge in [-0.25, -0.2) is 0 Å². The van der Waals surface area contributed by atoms with Crippen LogP contribution in [0.25, 0.3) is 0 Å². The topological polar surface area (TPSA) is 38.7 Å². The standard InChI is InChI=1S/C18H20O3/c1-12-6-7-14(10-13(12)2)11-16(19)15-4-3-5-17-18(15)21-9-8-20-17/h3-7,10,16,19H,8-9,11H2,1-2H3. The minimum absolute atomic E-state index is 0.528. The maximum Gasteiger partial charge on any atom is 0.167 e. The summed E-state index contributed by atoms with van der Waals surface area (Å²) in [6, 6.07) is 12.0. The zero-order valence-corrected chi connectivity index (χ0v) is 12.4. The summed E-state index contributed by atoms with van der Waals surface area (Å²) in [5.41, 5.74) is 4.43. The van der Waals surface area contributed by atoms with Crippen LogP contribution in [0.4, 0.5) is 0 Å². The molecule has 3 rings (SSSR count). The summed E-state index contributed by atoms with van der Waals surface area (Å²) in [5.74, 6) is 1.40. The van der Waals surface area contributed by atoms with Gasteiger partial charge < -0.3 is 14.6 Å². The van der Waals surface area contributed by atoms with E-state index in [0.29, 0.717) is 25.4 Å². The molecule has 0 bridgehead atoms. The molecular formula is C18H20O3. The van der Waals surface area contributed by atoms with Gasteiger partial charge in [0.25, 0.3) is 0 Å². The lowest BCUT2D eigenvalue weighted by Gasteiger charge is -2.23. The van der Waals surface area contributed by atoms with Gasteiger partial charge in [0.15, 0.2) is 11.5 Å². The Labute approximate surface area is 125 Å². The van der Waals surface area contributed by atoms with Crippen molar-refractivity contribution in [2.24, 2.45) is 0 Å². The Morgan fingerprint density at radius 3 is 2.67 bits per heavy atom. The van der Waals surface area contributed by atoms with E-state index in [9.17, 15) is 5.11 Å². The van der Waals surface area contributed by atoms with Crippen molar-refractivity contribution < 1.29 is 14.6 Å². The molecule has 0 saturated carbocycles. The maximum atomic E-state index is 10.6. The van der Waals surface area contributed by atoms with Gasteiger partial charge in [-0.1, -0.05) is 30.3 Å². The summed E-state index contributed by atoms with van der Waals surface area (Å²) in [7, 11) is 0. The number of hydrogen-bond acceptors (Lipinski definition) is 3. The highest BCUT2D eigenvalue weighted by Gasteiger charge is 2.20. The highest BCUT2D eigenvalue weighted by atomic mass is 16.6. The van der Waals surface area contributed by atoms with E-state index in [1.807, 2.05) is 18.2 Å². The van der Waals surface area contributed by atoms with Crippen molar-refractivity contribution in [1.29, 1.82) is 0 Å². The number of fused-ring (bicyclic) bond motifs is 1. The largest absolute Gasteiger partial charge is 0.486 e. The summed E-state index contributed by atoms with van der Waals surface area (Å²) < 4.78 is 11.2. The van der Waals surface area contributed by atoms with Gasteiger partial charge in [-0.2, -0.15) is 0 Å². The molecule has 21 heavy (non-hydrogen) atoms. The van der Waals surface area contributed by atoms with E-state index in [4.69, 9.17) is 9.47 Å². The molecule has 2 aromatic carbocycles. The first-order valence-electron chi connectivity index (χ1n) is 7.28. The molecule has 0 aliphatic carbocycles. The Morgan fingerprint density at radius 2 is 1.86 bits per heavy atom. The van der Waals surface area contributed by atoms with Gasteiger partial charge in [0.2, 0.25) is 0 Å². The highest BCUT2D eigenvalue weighted by Crippen LogP contribution is 2.37. The number of rotatable bonds is 3. The van der Waals surface area contributed by atoms with E-state index in [1.165, 1.54) is 11.1 Å². The third kappa shape index (κ3) is 2.88. The first-order chi connectivity index (χ1) is 10.1. The number of hydrogen-bond donors (Lipinski definition) is 1. The Balaban J connectivity index is 1.85. The Bertz CT molecular complexity index is 649. The fourth-order valence-electron chi connectivity index (χ4n) is 2.62. The first kappa shape index (κ1) is 14.0. The summed E-state index contributed by atoms with van der Waals surface area (Å²) in [6.45, 7) is 5.27. The number of ether oxygens (including phenoxy) is 2. The summed E-state index contributed by atoms with van der Waals surface area (Å²) in [6.07, 6.45) is -0.0234.